The number of carboxylic acids is 1. The van der Waals surface area contributed by atoms with Crippen molar-refractivity contribution in [1.29, 1.82) is 0 Å². The van der Waals surface area contributed by atoms with Crippen molar-refractivity contribution >= 4 is 23.9 Å². The minimum atomic E-state index is -3.41. The summed E-state index contributed by atoms with van der Waals surface area (Å²) in [6.45, 7) is 1.38. The third kappa shape index (κ3) is 2.98. The Hall–Kier alpha value is -1.90. The van der Waals surface area contributed by atoms with Crippen LogP contribution in [-0.2, 0) is 13.9 Å². The average Bonchev–Trinajstić information content (AvgIpc) is 2.48. The second-order valence-corrected chi connectivity index (χ2v) is 6.66. The maximum Gasteiger partial charge on any atom is 0.333 e. The van der Waals surface area contributed by atoms with E-state index in [4.69, 9.17) is 9.63 Å². The molecule has 20 heavy (non-hydrogen) atoms. The van der Waals surface area contributed by atoms with Crippen molar-refractivity contribution in [2.45, 2.75) is 13.0 Å². The molecule has 0 radical (unpaired) electrons. The summed E-state index contributed by atoms with van der Waals surface area (Å²) in [4.78, 5) is 11.0. The zero-order valence-electron chi connectivity index (χ0n) is 11.0. The van der Waals surface area contributed by atoms with Gasteiger partial charge in [-0.25, -0.2) is 4.79 Å². The van der Waals surface area contributed by atoms with Crippen LogP contribution in [0.4, 0.5) is 0 Å². The second-order valence-electron chi connectivity index (χ2n) is 4.31. The van der Waals surface area contributed by atoms with Crippen LogP contribution in [0.3, 0.4) is 0 Å². The number of hydrogen-bond acceptors (Lipinski definition) is 3. The SMILES string of the molecule is CC(OP(=O)(c1ccccc1)c1ccccc1)C(=O)O. The van der Waals surface area contributed by atoms with Gasteiger partial charge < -0.3 is 9.63 Å². The van der Waals surface area contributed by atoms with E-state index in [2.05, 4.69) is 0 Å². The summed E-state index contributed by atoms with van der Waals surface area (Å²) >= 11 is 0. The zero-order valence-corrected chi connectivity index (χ0v) is 11.9. The molecular formula is C15H15O4P. The molecule has 1 unspecified atom stereocenters. The van der Waals surface area contributed by atoms with Crippen molar-refractivity contribution in [3.8, 4) is 0 Å². The molecule has 1 atom stereocenters. The normalized spacial score (nSPS) is 12.8. The van der Waals surface area contributed by atoms with Crippen LogP contribution in [0.1, 0.15) is 6.92 Å². The Morgan fingerprint density at radius 1 is 1.00 bits per heavy atom. The lowest BCUT2D eigenvalue weighted by Gasteiger charge is -2.21. The van der Waals surface area contributed by atoms with Gasteiger partial charge in [0.2, 0.25) is 0 Å². The summed E-state index contributed by atoms with van der Waals surface area (Å²) in [5, 5.41) is 9.96. The third-order valence-corrected chi connectivity index (χ3v) is 5.42. The highest BCUT2D eigenvalue weighted by Crippen LogP contribution is 2.45. The maximum absolute atomic E-state index is 13.2. The molecule has 0 fully saturated rings. The highest BCUT2D eigenvalue weighted by Gasteiger charge is 2.32. The molecule has 5 heteroatoms. The molecule has 0 bridgehead atoms. The van der Waals surface area contributed by atoms with Gasteiger partial charge in [-0.2, -0.15) is 0 Å². The number of rotatable bonds is 5. The van der Waals surface area contributed by atoms with E-state index in [0.29, 0.717) is 10.6 Å². The fourth-order valence-corrected chi connectivity index (χ4v) is 3.99. The van der Waals surface area contributed by atoms with Crippen molar-refractivity contribution in [2.24, 2.45) is 0 Å². The Bertz CT molecular complexity index is 581. The summed E-state index contributed by atoms with van der Waals surface area (Å²) in [5.74, 6) is -1.14. The number of aliphatic carboxylic acids is 1. The average molecular weight is 290 g/mol. The van der Waals surface area contributed by atoms with E-state index in [-0.39, 0.29) is 0 Å². The van der Waals surface area contributed by atoms with Crippen LogP contribution in [0.25, 0.3) is 0 Å². The van der Waals surface area contributed by atoms with Crippen molar-refractivity contribution in [3.63, 3.8) is 0 Å². The minimum absolute atomic E-state index is 0.485. The standard InChI is InChI=1S/C15H15O4P/c1-12(15(16)17)19-20(18,13-8-4-2-5-9-13)14-10-6-3-7-11-14/h2-12H,1H3,(H,16,17). The van der Waals surface area contributed by atoms with Gasteiger partial charge in [0.1, 0.15) is 0 Å². The lowest BCUT2D eigenvalue weighted by molar-refractivity contribution is -0.144. The number of hydrogen-bond donors (Lipinski definition) is 1. The molecule has 0 spiro atoms. The quantitative estimate of drug-likeness (QED) is 0.859. The molecule has 2 aromatic carbocycles. The molecule has 1 N–H and O–H groups in total. The molecule has 4 nitrogen and oxygen atoms in total. The fraction of sp³-hybridized carbons (Fsp3) is 0.133. The van der Waals surface area contributed by atoms with Gasteiger partial charge in [-0.15, -0.1) is 0 Å². The first-order valence-corrected chi connectivity index (χ1v) is 7.79. The van der Waals surface area contributed by atoms with Gasteiger partial charge in [0.05, 0.1) is 0 Å². The largest absolute Gasteiger partial charge is 0.479 e. The van der Waals surface area contributed by atoms with E-state index >= 15 is 0 Å². The molecule has 0 saturated carbocycles. The molecule has 2 aromatic rings. The predicted molar refractivity (Wildman–Crippen MR) is 77.9 cm³/mol. The second kappa shape index (κ2) is 6.04. The molecule has 2 rings (SSSR count). The molecule has 0 aromatic heterocycles. The maximum atomic E-state index is 13.2. The van der Waals surface area contributed by atoms with Gasteiger partial charge in [-0.1, -0.05) is 36.4 Å². The molecule has 0 heterocycles. The van der Waals surface area contributed by atoms with E-state index in [1.54, 1.807) is 60.7 Å². The van der Waals surface area contributed by atoms with Crippen LogP contribution in [0.5, 0.6) is 0 Å². The van der Waals surface area contributed by atoms with E-state index < -0.39 is 19.4 Å². The van der Waals surface area contributed by atoms with E-state index in [1.165, 1.54) is 6.92 Å². The van der Waals surface area contributed by atoms with Gasteiger partial charge in [-0.05, 0) is 31.2 Å². The first-order chi connectivity index (χ1) is 9.54. The Labute approximate surface area is 117 Å². The van der Waals surface area contributed by atoms with Crippen molar-refractivity contribution in [3.05, 3.63) is 60.7 Å². The molecule has 0 amide bonds. The van der Waals surface area contributed by atoms with E-state index in [1.807, 2.05) is 0 Å². The van der Waals surface area contributed by atoms with Crippen molar-refractivity contribution in [1.82, 2.24) is 0 Å². The number of benzene rings is 2. The lowest BCUT2D eigenvalue weighted by Crippen LogP contribution is -2.26. The van der Waals surface area contributed by atoms with Crippen LogP contribution in [0.2, 0.25) is 0 Å². The highest BCUT2D eigenvalue weighted by molar-refractivity contribution is 7.74. The molecule has 0 aliphatic carbocycles. The van der Waals surface area contributed by atoms with Gasteiger partial charge in [0, 0.05) is 10.6 Å². The zero-order chi connectivity index (χ0) is 14.6. The molecule has 0 aliphatic rings. The van der Waals surface area contributed by atoms with Crippen LogP contribution >= 0.6 is 7.37 Å². The van der Waals surface area contributed by atoms with Crippen LogP contribution in [0.15, 0.2) is 60.7 Å². The van der Waals surface area contributed by atoms with Gasteiger partial charge in [0.25, 0.3) is 7.37 Å². The Kier molecular flexibility index (Phi) is 4.38. The molecule has 0 saturated heterocycles. The van der Waals surface area contributed by atoms with Gasteiger partial charge in [-0.3, -0.25) is 4.57 Å². The Morgan fingerprint density at radius 3 is 1.75 bits per heavy atom. The summed E-state index contributed by atoms with van der Waals surface area (Å²) in [7, 11) is -3.41. The van der Waals surface area contributed by atoms with Crippen LogP contribution in [0, 0.1) is 0 Å². The number of carboxylic acid groups (broad SMARTS) is 1. The van der Waals surface area contributed by atoms with Gasteiger partial charge in [0.15, 0.2) is 6.10 Å². The minimum Gasteiger partial charge on any atom is -0.479 e. The summed E-state index contributed by atoms with van der Waals surface area (Å²) in [6, 6.07) is 17.3. The molecule has 0 aliphatic heterocycles. The molecular weight excluding hydrogens is 275 g/mol. The molecule has 104 valence electrons. The topological polar surface area (TPSA) is 63.6 Å². The van der Waals surface area contributed by atoms with Crippen LogP contribution in [-0.4, -0.2) is 17.2 Å². The summed E-state index contributed by atoms with van der Waals surface area (Å²) in [5.41, 5.74) is 0. The number of carbonyl (C=O) groups is 1. The fourth-order valence-electron chi connectivity index (χ4n) is 1.79. The highest BCUT2D eigenvalue weighted by atomic mass is 31.2. The monoisotopic (exact) mass is 290 g/mol. The summed E-state index contributed by atoms with van der Waals surface area (Å²) in [6.07, 6.45) is -1.15. The van der Waals surface area contributed by atoms with E-state index in [0.717, 1.165) is 0 Å². The van der Waals surface area contributed by atoms with Crippen LogP contribution < -0.4 is 10.6 Å². The summed E-state index contributed by atoms with van der Waals surface area (Å²) < 4.78 is 18.7. The Morgan fingerprint density at radius 2 is 1.40 bits per heavy atom. The van der Waals surface area contributed by atoms with Gasteiger partial charge >= 0.3 is 5.97 Å². The Balaban J connectivity index is 2.50. The lowest BCUT2D eigenvalue weighted by atomic mass is 10.4. The van der Waals surface area contributed by atoms with E-state index in [9.17, 15) is 9.36 Å². The first-order valence-electron chi connectivity index (χ1n) is 6.16. The third-order valence-electron chi connectivity index (χ3n) is 2.85. The van der Waals surface area contributed by atoms with Crippen molar-refractivity contribution in [2.75, 3.05) is 0 Å². The smallest absolute Gasteiger partial charge is 0.333 e. The predicted octanol–water partition coefficient (Wildman–Crippen LogP) is 2.41. The van der Waals surface area contributed by atoms with Crippen molar-refractivity contribution < 1.29 is 19.0 Å². The first kappa shape index (κ1) is 14.5.